The van der Waals surface area contributed by atoms with Crippen LogP contribution in [0, 0.1) is 0 Å². The van der Waals surface area contributed by atoms with Crippen LogP contribution in [-0.2, 0) is 42.2 Å². The molecule has 440 valence electrons. The first-order valence-corrected chi connectivity index (χ1v) is 32.3. The van der Waals surface area contributed by atoms with Crippen molar-refractivity contribution < 1.29 is 52.2 Å². The van der Waals surface area contributed by atoms with Crippen LogP contribution >= 0.6 is 7.82 Å². The second-order valence-electron chi connectivity index (χ2n) is 20.5. The molecule has 0 radical (unpaired) electrons. The summed E-state index contributed by atoms with van der Waals surface area (Å²) in [5, 5.41) is 9.82. The number of ether oxygens (including phenoxy) is 3. The summed E-state index contributed by atoms with van der Waals surface area (Å²) in [4.78, 5) is 48.6. The molecule has 11 nitrogen and oxygen atoms in total. The zero-order chi connectivity index (χ0) is 55.5. The van der Waals surface area contributed by atoms with E-state index >= 15 is 0 Å². The molecule has 2 N–H and O–H groups in total. The first kappa shape index (κ1) is 72.9. The number of hydrogen-bond donors (Lipinski definition) is 2. The number of rotatable bonds is 57. The molecule has 0 aromatic rings. The lowest BCUT2D eigenvalue weighted by atomic mass is 10.0. The van der Waals surface area contributed by atoms with Gasteiger partial charge in [0.2, 0.25) is 0 Å². The van der Waals surface area contributed by atoms with Crippen molar-refractivity contribution in [3.63, 3.8) is 0 Å². The van der Waals surface area contributed by atoms with E-state index in [-0.39, 0.29) is 25.9 Å². The van der Waals surface area contributed by atoms with Crippen LogP contribution in [0.15, 0.2) is 72.9 Å². The molecule has 0 amide bonds. The first-order chi connectivity index (χ1) is 37.2. The fourth-order valence-corrected chi connectivity index (χ4v) is 9.22. The summed E-state index contributed by atoms with van der Waals surface area (Å²) < 4.78 is 39.6. The van der Waals surface area contributed by atoms with Crippen LogP contribution in [-0.4, -0.2) is 66.5 Å². The van der Waals surface area contributed by atoms with E-state index in [1.807, 2.05) is 0 Å². The van der Waals surface area contributed by atoms with Gasteiger partial charge in [-0.25, -0.2) is 4.57 Å². The van der Waals surface area contributed by atoms with Crippen molar-refractivity contribution in [2.75, 3.05) is 26.4 Å². The molecule has 76 heavy (non-hydrogen) atoms. The van der Waals surface area contributed by atoms with E-state index in [9.17, 15) is 28.9 Å². The summed E-state index contributed by atoms with van der Waals surface area (Å²) in [5.74, 6) is -1.50. The number of esters is 3. The average molecular weight is 1090 g/mol. The van der Waals surface area contributed by atoms with Gasteiger partial charge in [0.05, 0.1) is 19.8 Å². The van der Waals surface area contributed by atoms with Gasteiger partial charge in [-0.15, -0.1) is 0 Å². The number of hydrogen-bond acceptors (Lipinski definition) is 10. The molecule has 0 aromatic carbocycles. The number of phosphoric ester groups is 1. The van der Waals surface area contributed by atoms with Gasteiger partial charge in [-0.1, -0.05) is 241 Å². The summed E-state index contributed by atoms with van der Waals surface area (Å²) in [5.41, 5.74) is 0. The van der Waals surface area contributed by atoms with Crippen LogP contribution in [0.2, 0.25) is 0 Å². The van der Waals surface area contributed by atoms with Crippen LogP contribution in [0.4, 0.5) is 0 Å². The Morgan fingerprint density at radius 3 is 1.09 bits per heavy atom. The Labute approximate surface area is 465 Å². The van der Waals surface area contributed by atoms with Gasteiger partial charge in [-0.05, 0) is 89.9 Å². The average Bonchev–Trinajstić information content (AvgIpc) is 3.41. The predicted molar refractivity (Wildman–Crippen MR) is 316 cm³/mol. The number of aliphatic hydroxyl groups is 1. The van der Waals surface area contributed by atoms with E-state index in [0.717, 1.165) is 109 Å². The second-order valence-corrected chi connectivity index (χ2v) is 21.9. The monoisotopic (exact) mass is 1090 g/mol. The fourth-order valence-electron chi connectivity index (χ4n) is 8.44. The summed E-state index contributed by atoms with van der Waals surface area (Å²) in [6.07, 6.45) is 65.7. The highest BCUT2D eigenvalue weighted by atomic mass is 31.2. The van der Waals surface area contributed by atoms with Crippen LogP contribution < -0.4 is 0 Å². The zero-order valence-electron chi connectivity index (χ0n) is 48.7. The largest absolute Gasteiger partial charge is 0.472 e. The van der Waals surface area contributed by atoms with E-state index < -0.39 is 57.8 Å². The molecule has 0 saturated heterocycles. The van der Waals surface area contributed by atoms with E-state index in [0.29, 0.717) is 19.3 Å². The molecule has 0 aromatic heterocycles. The number of carbonyl (C=O) groups excluding carboxylic acids is 3. The Balaban J connectivity index is 4.75. The molecule has 0 heterocycles. The van der Waals surface area contributed by atoms with E-state index in [1.54, 1.807) is 0 Å². The standard InChI is InChI=1S/C64H113O11P/c1-4-7-10-13-16-19-22-25-27-29-30-32-34-37-40-43-46-49-52-55-64(68)75-61(57-71-62(66)53-50-47-44-41-38-36-33-31-28-26-23-20-17-14-11-8-5-2)59-73-76(69,70)72-58-60(56-65)74-63(67)54-51-48-45-42-39-35-24-21-18-15-12-9-6-3/h9,12,16,18-19,21,25,27,30,32,35,39,60-61,65H,4-8,10-11,13-15,17,20,22-24,26,28-29,31,33-34,36-38,40-59H2,1-3H3,(H,69,70)/b12-9-,19-16-,21-18-,27-25-,32-30-,39-35-. The number of aliphatic hydroxyl groups excluding tert-OH is 1. The molecule has 0 bridgehead atoms. The molecule has 0 spiro atoms. The molecular formula is C64H113O11P. The highest BCUT2D eigenvalue weighted by molar-refractivity contribution is 7.47. The Bertz CT molecular complexity index is 1550. The normalized spacial score (nSPS) is 13.8. The second kappa shape index (κ2) is 58.1. The Morgan fingerprint density at radius 1 is 0.382 bits per heavy atom. The minimum Gasteiger partial charge on any atom is -0.462 e. The lowest BCUT2D eigenvalue weighted by Crippen LogP contribution is -2.30. The highest BCUT2D eigenvalue weighted by Crippen LogP contribution is 2.43. The molecule has 3 atom stereocenters. The number of phosphoric acid groups is 1. The van der Waals surface area contributed by atoms with Crippen molar-refractivity contribution >= 4 is 25.7 Å². The van der Waals surface area contributed by atoms with Gasteiger partial charge in [-0.2, -0.15) is 0 Å². The predicted octanol–water partition coefficient (Wildman–Crippen LogP) is 18.5. The molecular weight excluding hydrogens is 976 g/mol. The van der Waals surface area contributed by atoms with Crippen LogP contribution in [0.25, 0.3) is 0 Å². The van der Waals surface area contributed by atoms with Gasteiger partial charge in [0, 0.05) is 19.3 Å². The summed E-state index contributed by atoms with van der Waals surface area (Å²) in [7, 11) is -4.76. The van der Waals surface area contributed by atoms with Gasteiger partial charge < -0.3 is 24.2 Å². The molecule has 0 saturated carbocycles. The Hall–Kier alpha value is -3.08. The third-order valence-electron chi connectivity index (χ3n) is 13.1. The van der Waals surface area contributed by atoms with Gasteiger partial charge in [0.25, 0.3) is 0 Å². The molecule has 0 aliphatic rings. The minimum absolute atomic E-state index is 0.140. The van der Waals surface area contributed by atoms with Crippen molar-refractivity contribution in [1.29, 1.82) is 0 Å². The SMILES string of the molecule is CC/C=C\C/C=C\C/C=C\CCCCCC(=O)OC(CO)COP(=O)(O)OCC(COC(=O)CCCCCCCCCCCCCCCCCCC)OC(=O)CCCCCCCC/C=C\C/C=C\C/C=C\CCCCC. The molecule has 0 aliphatic carbocycles. The maximum Gasteiger partial charge on any atom is 0.472 e. The Kier molecular flexibility index (Phi) is 55.7. The van der Waals surface area contributed by atoms with Gasteiger partial charge in [0.1, 0.15) is 12.7 Å². The molecule has 3 unspecified atom stereocenters. The lowest BCUT2D eigenvalue weighted by molar-refractivity contribution is -0.161. The molecule has 0 fully saturated rings. The first-order valence-electron chi connectivity index (χ1n) is 30.8. The molecule has 0 aliphatic heterocycles. The van der Waals surface area contributed by atoms with Crippen molar-refractivity contribution in [2.45, 2.75) is 290 Å². The topological polar surface area (TPSA) is 155 Å². The lowest BCUT2D eigenvalue weighted by Gasteiger charge is -2.21. The van der Waals surface area contributed by atoms with E-state index in [4.69, 9.17) is 23.3 Å². The fraction of sp³-hybridized carbons (Fsp3) is 0.766. The van der Waals surface area contributed by atoms with Crippen LogP contribution in [0.5, 0.6) is 0 Å². The van der Waals surface area contributed by atoms with E-state index in [1.165, 1.54) is 109 Å². The number of allylic oxidation sites excluding steroid dienone is 12. The quantitative estimate of drug-likeness (QED) is 0.0197. The maximum atomic E-state index is 12.9. The summed E-state index contributed by atoms with van der Waals surface area (Å²) in [6.45, 7) is 4.49. The zero-order valence-corrected chi connectivity index (χ0v) is 49.6. The smallest absolute Gasteiger partial charge is 0.462 e. The Morgan fingerprint density at radius 2 is 0.684 bits per heavy atom. The molecule has 12 heteroatoms. The summed E-state index contributed by atoms with van der Waals surface area (Å²) in [6, 6.07) is 0. The summed E-state index contributed by atoms with van der Waals surface area (Å²) >= 11 is 0. The van der Waals surface area contributed by atoms with Crippen LogP contribution in [0.3, 0.4) is 0 Å². The third kappa shape index (κ3) is 55.7. The number of unbranched alkanes of at least 4 members (excludes halogenated alkanes) is 28. The van der Waals surface area contributed by atoms with Crippen LogP contribution in [0.1, 0.15) is 278 Å². The van der Waals surface area contributed by atoms with Crippen molar-refractivity contribution in [1.82, 2.24) is 0 Å². The van der Waals surface area contributed by atoms with Gasteiger partial charge in [-0.3, -0.25) is 23.4 Å². The third-order valence-corrected chi connectivity index (χ3v) is 14.1. The van der Waals surface area contributed by atoms with Gasteiger partial charge >= 0.3 is 25.7 Å². The van der Waals surface area contributed by atoms with Crippen molar-refractivity contribution in [3.05, 3.63) is 72.9 Å². The van der Waals surface area contributed by atoms with Crippen molar-refractivity contribution in [3.8, 4) is 0 Å². The molecule has 0 rings (SSSR count). The maximum absolute atomic E-state index is 12.9. The number of carbonyl (C=O) groups is 3. The minimum atomic E-state index is -4.76. The van der Waals surface area contributed by atoms with E-state index in [2.05, 4.69) is 93.7 Å². The highest BCUT2D eigenvalue weighted by Gasteiger charge is 2.28. The van der Waals surface area contributed by atoms with Gasteiger partial charge in [0.15, 0.2) is 6.10 Å². The van der Waals surface area contributed by atoms with Crippen molar-refractivity contribution in [2.24, 2.45) is 0 Å².